The summed E-state index contributed by atoms with van der Waals surface area (Å²) in [5.41, 5.74) is 3.61. The fraction of sp³-hybridized carbons (Fsp3) is 0.176. The standard InChI is InChI=1S/C17H16ClN3O/c1-11-9-13-14(5-4-6-15(13)21(3)17(11)22)20(2)12-7-8-16(18)19-10-12/h4-10H,1-3H3. The van der Waals surface area contributed by atoms with Gasteiger partial charge in [0.15, 0.2) is 0 Å². The van der Waals surface area contributed by atoms with Crippen LogP contribution >= 0.6 is 11.6 Å². The third-order valence-electron chi connectivity index (χ3n) is 3.88. The van der Waals surface area contributed by atoms with Crippen molar-refractivity contribution in [3.05, 3.63) is 63.7 Å². The molecule has 22 heavy (non-hydrogen) atoms. The number of aryl methyl sites for hydroxylation is 2. The highest BCUT2D eigenvalue weighted by atomic mass is 35.5. The van der Waals surface area contributed by atoms with Crippen LogP contribution in [0, 0.1) is 6.92 Å². The molecule has 3 rings (SSSR count). The molecule has 0 amide bonds. The summed E-state index contributed by atoms with van der Waals surface area (Å²) in [5, 5.41) is 1.49. The van der Waals surface area contributed by atoms with E-state index in [0.29, 0.717) is 5.15 Å². The van der Waals surface area contributed by atoms with Gasteiger partial charge in [0.25, 0.3) is 5.56 Å². The number of halogens is 1. The maximum absolute atomic E-state index is 12.1. The van der Waals surface area contributed by atoms with Gasteiger partial charge in [-0.15, -0.1) is 0 Å². The summed E-state index contributed by atoms with van der Waals surface area (Å²) in [7, 11) is 3.77. The van der Waals surface area contributed by atoms with E-state index in [9.17, 15) is 4.79 Å². The third kappa shape index (κ3) is 2.35. The number of pyridine rings is 2. The van der Waals surface area contributed by atoms with E-state index < -0.39 is 0 Å². The number of nitrogens with zero attached hydrogens (tertiary/aromatic N) is 3. The molecule has 1 aromatic carbocycles. The number of hydrogen-bond donors (Lipinski definition) is 0. The Labute approximate surface area is 133 Å². The van der Waals surface area contributed by atoms with Crippen LogP contribution in [0.15, 0.2) is 47.4 Å². The molecule has 112 valence electrons. The van der Waals surface area contributed by atoms with Gasteiger partial charge in [0.2, 0.25) is 0 Å². The highest BCUT2D eigenvalue weighted by Crippen LogP contribution is 2.30. The summed E-state index contributed by atoms with van der Waals surface area (Å²) in [5.74, 6) is 0. The van der Waals surface area contributed by atoms with Crippen LogP contribution in [0.2, 0.25) is 5.15 Å². The maximum Gasteiger partial charge on any atom is 0.253 e. The molecule has 0 aliphatic rings. The van der Waals surface area contributed by atoms with Gasteiger partial charge < -0.3 is 9.47 Å². The van der Waals surface area contributed by atoms with Crippen molar-refractivity contribution in [2.24, 2.45) is 7.05 Å². The zero-order valence-electron chi connectivity index (χ0n) is 12.7. The van der Waals surface area contributed by atoms with E-state index in [0.717, 1.165) is 27.8 Å². The Morgan fingerprint density at radius 3 is 2.68 bits per heavy atom. The molecule has 3 aromatic rings. The van der Waals surface area contributed by atoms with E-state index >= 15 is 0 Å². The van der Waals surface area contributed by atoms with E-state index in [-0.39, 0.29) is 5.56 Å². The van der Waals surface area contributed by atoms with Crippen molar-refractivity contribution in [1.82, 2.24) is 9.55 Å². The predicted octanol–water partition coefficient (Wildman–Crippen LogP) is 3.66. The van der Waals surface area contributed by atoms with Crippen LogP contribution in [0.3, 0.4) is 0 Å². The van der Waals surface area contributed by atoms with E-state index in [1.165, 1.54) is 0 Å². The molecule has 0 saturated heterocycles. The van der Waals surface area contributed by atoms with Crippen molar-refractivity contribution >= 4 is 33.9 Å². The minimum absolute atomic E-state index is 0.0282. The molecule has 0 bridgehead atoms. The molecular formula is C17H16ClN3O. The summed E-state index contributed by atoms with van der Waals surface area (Å²) < 4.78 is 1.68. The van der Waals surface area contributed by atoms with Crippen molar-refractivity contribution in [2.75, 3.05) is 11.9 Å². The number of rotatable bonds is 2. The van der Waals surface area contributed by atoms with E-state index in [1.54, 1.807) is 23.9 Å². The van der Waals surface area contributed by atoms with Crippen LogP contribution in [0.1, 0.15) is 5.56 Å². The smallest absolute Gasteiger partial charge is 0.253 e. The van der Waals surface area contributed by atoms with Gasteiger partial charge in [-0.05, 0) is 37.3 Å². The van der Waals surface area contributed by atoms with Crippen LogP contribution < -0.4 is 10.5 Å². The Morgan fingerprint density at radius 2 is 2.00 bits per heavy atom. The molecule has 0 radical (unpaired) electrons. The first-order valence-corrected chi connectivity index (χ1v) is 7.31. The van der Waals surface area contributed by atoms with Gasteiger partial charge in [-0.3, -0.25) is 4.79 Å². The van der Waals surface area contributed by atoms with Crippen molar-refractivity contribution in [3.8, 4) is 0 Å². The lowest BCUT2D eigenvalue weighted by Crippen LogP contribution is -2.20. The van der Waals surface area contributed by atoms with Gasteiger partial charge in [-0.2, -0.15) is 0 Å². The fourth-order valence-corrected chi connectivity index (χ4v) is 2.74. The van der Waals surface area contributed by atoms with Crippen LogP contribution in [0.5, 0.6) is 0 Å². The quantitative estimate of drug-likeness (QED) is 0.678. The van der Waals surface area contributed by atoms with Crippen molar-refractivity contribution in [2.45, 2.75) is 6.92 Å². The van der Waals surface area contributed by atoms with Gasteiger partial charge >= 0.3 is 0 Å². The first-order valence-electron chi connectivity index (χ1n) is 6.93. The van der Waals surface area contributed by atoms with Crippen molar-refractivity contribution in [1.29, 1.82) is 0 Å². The minimum Gasteiger partial charge on any atom is -0.343 e. The average molecular weight is 314 g/mol. The van der Waals surface area contributed by atoms with Crippen LogP contribution in [-0.4, -0.2) is 16.6 Å². The molecule has 0 N–H and O–H groups in total. The van der Waals surface area contributed by atoms with Crippen LogP contribution in [0.25, 0.3) is 10.9 Å². The summed E-state index contributed by atoms with van der Waals surface area (Å²) in [6.45, 7) is 1.84. The zero-order valence-corrected chi connectivity index (χ0v) is 13.4. The molecule has 4 nitrogen and oxygen atoms in total. The molecule has 0 aliphatic carbocycles. The van der Waals surface area contributed by atoms with E-state index in [2.05, 4.69) is 4.98 Å². The van der Waals surface area contributed by atoms with Crippen molar-refractivity contribution in [3.63, 3.8) is 0 Å². The highest BCUT2D eigenvalue weighted by molar-refractivity contribution is 6.29. The molecule has 0 saturated carbocycles. The molecule has 0 spiro atoms. The molecule has 0 atom stereocenters. The van der Waals surface area contributed by atoms with Crippen LogP contribution in [0.4, 0.5) is 11.4 Å². The first kappa shape index (κ1) is 14.6. The van der Waals surface area contributed by atoms with Crippen LogP contribution in [-0.2, 0) is 7.05 Å². The molecular weight excluding hydrogens is 298 g/mol. The Bertz CT molecular complexity index is 900. The number of anilines is 2. The predicted molar refractivity (Wildman–Crippen MR) is 91.2 cm³/mol. The molecule has 2 aromatic heterocycles. The zero-order chi connectivity index (χ0) is 15.9. The minimum atomic E-state index is 0.0282. The first-order chi connectivity index (χ1) is 10.5. The number of benzene rings is 1. The van der Waals surface area contributed by atoms with E-state index in [1.807, 2.05) is 49.2 Å². The van der Waals surface area contributed by atoms with Gasteiger partial charge in [-0.25, -0.2) is 4.98 Å². The second kappa shape index (κ2) is 5.46. The fourth-order valence-electron chi connectivity index (χ4n) is 2.63. The largest absolute Gasteiger partial charge is 0.343 e. The summed E-state index contributed by atoms with van der Waals surface area (Å²) >= 11 is 5.85. The lowest BCUT2D eigenvalue weighted by atomic mass is 10.1. The number of aromatic nitrogens is 2. The number of fused-ring (bicyclic) bond motifs is 1. The van der Waals surface area contributed by atoms with Crippen molar-refractivity contribution < 1.29 is 0 Å². The lowest BCUT2D eigenvalue weighted by molar-refractivity contribution is 0.893. The topological polar surface area (TPSA) is 38.1 Å². The Hall–Kier alpha value is -2.33. The SMILES string of the molecule is Cc1cc2c(N(C)c3ccc(Cl)nc3)cccc2n(C)c1=O. The Kier molecular flexibility index (Phi) is 3.62. The summed E-state index contributed by atoms with van der Waals surface area (Å²) in [4.78, 5) is 18.3. The molecule has 2 heterocycles. The number of hydrogen-bond acceptors (Lipinski definition) is 3. The Balaban J connectivity index is 2.23. The molecule has 0 aliphatic heterocycles. The maximum atomic E-state index is 12.1. The summed E-state index contributed by atoms with van der Waals surface area (Å²) in [6.07, 6.45) is 1.73. The second-order valence-corrected chi connectivity index (χ2v) is 5.69. The molecule has 5 heteroatoms. The second-order valence-electron chi connectivity index (χ2n) is 5.30. The summed E-state index contributed by atoms with van der Waals surface area (Å²) in [6, 6.07) is 11.6. The van der Waals surface area contributed by atoms with Gasteiger partial charge in [0.05, 0.1) is 23.1 Å². The Morgan fingerprint density at radius 1 is 1.23 bits per heavy atom. The molecule has 0 fully saturated rings. The third-order valence-corrected chi connectivity index (χ3v) is 4.11. The average Bonchev–Trinajstić information content (AvgIpc) is 2.52. The van der Waals surface area contributed by atoms with Gasteiger partial charge in [0, 0.05) is 25.0 Å². The highest BCUT2D eigenvalue weighted by Gasteiger charge is 2.11. The van der Waals surface area contributed by atoms with Gasteiger partial charge in [-0.1, -0.05) is 17.7 Å². The normalized spacial score (nSPS) is 10.9. The van der Waals surface area contributed by atoms with Gasteiger partial charge in [0.1, 0.15) is 5.15 Å². The van der Waals surface area contributed by atoms with E-state index in [4.69, 9.17) is 11.6 Å². The lowest BCUT2D eigenvalue weighted by Gasteiger charge is -2.22. The monoisotopic (exact) mass is 313 g/mol. The molecule has 0 unspecified atom stereocenters.